The maximum Gasteiger partial charge on any atom is 0.242 e. The number of hydrogen-bond donors (Lipinski definition) is 1. The highest BCUT2D eigenvalue weighted by Gasteiger charge is 2.48. The Morgan fingerprint density at radius 2 is 2.08 bits per heavy atom. The van der Waals surface area contributed by atoms with E-state index in [9.17, 15) is 4.79 Å². The number of nitrogens with zero attached hydrogens (tertiary/aromatic N) is 1. The summed E-state index contributed by atoms with van der Waals surface area (Å²) in [6, 6.07) is 0. The lowest BCUT2D eigenvalue weighted by Crippen LogP contribution is -2.46. The lowest BCUT2D eigenvalue weighted by molar-refractivity contribution is -0.133. The van der Waals surface area contributed by atoms with Crippen molar-refractivity contribution in [1.29, 1.82) is 0 Å². The zero-order valence-electron chi connectivity index (χ0n) is 7.79. The summed E-state index contributed by atoms with van der Waals surface area (Å²) in [5, 5.41) is 0. The molecule has 0 radical (unpaired) electrons. The van der Waals surface area contributed by atoms with E-state index in [-0.39, 0.29) is 5.91 Å². The zero-order valence-corrected chi connectivity index (χ0v) is 7.79. The molecule has 2 rings (SSSR count). The summed E-state index contributed by atoms with van der Waals surface area (Å²) in [6.45, 7) is 2.93. The van der Waals surface area contributed by atoms with Crippen molar-refractivity contribution in [2.75, 3.05) is 26.3 Å². The number of hydrogen-bond acceptors (Lipinski definition) is 3. The third kappa shape index (κ3) is 1.84. The maximum atomic E-state index is 11.8. The van der Waals surface area contributed by atoms with Crippen LogP contribution in [-0.4, -0.2) is 42.6 Å². The topological polar surface area (TPSA) is 55.6 Å². The molecule has 0 unspecified atom stereocenters. The van der Waals surface area contributed by atoms with Crippen molar-refractivity contribution in [2.24, 2.45) is 5.73 Å². The van der Waals surface area contributed by atoms with E-state index in [1.165, 1.54) is 0 Å². The van der Waals surface area contributed by atoms with Crippen LogP contribution < -0.4 is 5.73 Å². The average molecular weight is 184 g/mol. The van der Waals surface area contributed by atoms with Gasteiger partial charge >= 0.3 is 0 Å². The molecule has 0 aromatic rings. The highest BCUT2D eigenvalue weighted by molar-refractivity contribution is 5.89. The predicted molar refractivity (Wildman–Crippen MR) is 48.2 cm³/mol. The molecular formula is C9H16N2O2. The lowest BCUT2D eigenvalue weighted by atomic mass is 10.2. The third-order valence-electron chi connectivity index (χ3n) is 2.72. The fraction of sp³-hybridized carbons (Fsp3) is 0.889. The van der Waals surface area contributed by atoms with Gasteiger partial charge in [-0.25, -0.2) is 0 Å². The van der Waals surface area contributed by atoms with Crippen molar-refractivity contribution in [3.63, 3.8) is 0 Å². The van der Waals surface area contributed by atoms with Crippen LogP contribution in [0.1, 0.15) is 19.3 Å². The van der Waals surface area contributed by atoms with Crippen molar-refractivity contribution in [3.05, 3.63) is 0 Å². The Hall–Kier alpha value is -0.610. The monoisotopic (exact) mass is 184 g/mol. The smallest absolute Gasteiger partial charge is 0.242 e. The van der Waals surface area contributed by atoms with Gasteiger partial charge in [0.05, 0.1) is 12.1 Å². The molecule has 2 N–H and O–H groups in total. The molecule has 1 heterocycles. The minimum Gasteiger partial charge on any atom is -0.380 e. The molecule has 1 amide bonds. The molecule has 74 valence electrons. The van der Waals surface area contributed by atoms with Gasteiger partial charge in [-0.3, -0.25) is 4.79 Å². The van der Waals surface area contributed by atoms with E-state index in [2.05, 4.69) is 0 Å². The van der Waals surface area contributed by atoms with Crippen LogP contribution in [0.2, 0.25) is 0 Å². The Bertz CT molecular complexity index is 206. The summed E-state index contributed by atoms with van der Waals surface area (Å²) < 4.78 is 5.27. The molecule has 1 saturated heterocycles. The highest BCUT2D eigenvalue weighted by Crippen LogP contribution is 2.34. The van der Waals surface area contributed by atoms with Gasteiger partial charge < -0.3 is 15.4 Å². The molecule has 4 heteroatoms. The molecule has 4 nitrogen and oxygen atoms in total. The van der Waals surface area contributed by atoms with E-state index >= 15 is 0 Å². The number of carbonyl (C=O) groups is 1. The highest BCUT2D eigenvalue weighted by atomic mass is 16.5. The van der Waals surface area contributed by atoms with Gasteiger partial charge in [0.15, 0.2) is 0 Å². The van der Waals surface area contributed by atoms with Crippen LogP contribution in [0.15, 0.2) is 0 Å². The molecule has 0 aromatic heterocycles. The minimum absolute atomic E-state index is 0.123. The molecule has 1 aliphatic carbocycles. The van der Waals surface area contributed by atoms with Crippen molar-refractivity contribution < 1.29 is 9.53 Å². The second kappa shape index (κ2) is 3.27. The van der Waals surface area contributed by atoms with Gasteiger partial charge in [0.1, 0.15) is 0 Å². The predicted octanol–water partition coefficient (Wildman–Crippen LogP) is -0.273. The van der Waals surface area contributed by atoms with Crippen molar-refractivity contribution in [2.45, 2.75) is 24.8 Å². The van der Waals surface area contributed by atoms with Crippen LogP contribution in [0.5, 0.6) is 0 Å². The fourth-order valence-corrected chi connectivity index (χ4v) is 1.61. The summed E-state index contributed by atoms with van der Waals surface area (Å²) in [6.07, 6.45) is 2.63. The van der Waals surface area contributed by atoms with Crippen LogP contribution in [0.3, 0.4) is 0 Å². The summed E-state index contributed by atoms with van der Waals surface area (Å²) in [7, 11) is 0. The summed E-state index contributed by atoms with van der Waals surface area (Å²) in [5.74, 6) is 0.123. The van der Waals surface area contributed by atoms with Gasteiger partial charge in [-0.05, 0) is 19.3 Å². The van der Waals surface area contributed by atoms with Crippen molar-refractivity contribution in [3.8, 4) is 0 Å². The van der Waals surface area contributed by atoms with Gasteiger partial charge in [0, 0.05) is 19.7 Å². The Morgan fingerprint density at radius 1 is 1.31 bits per heavy atom. The molecule has 0 atom stereocenters. The molecular weight excluding hydrogens is 168 g/mol. The van der Waals surface area contributed by atoms with Crippen molar-refractivity contribution in [1.82, 2.24) is 4.90 Å². The fourth-order valence-electron chi connectivity index (χ4n) is 1.61. The summed E-state index contributed by atoms with van der Waals surface area (Å²) in [5.41, 5.74) is 5.33. The average Bonchev–Trinajstić information content (AvgIpc) is 2.88. The summed E-state index contributed by atoms with van der Waals surface area (Å²) >= 11 is 0. The molecule has 0 bridgehead atoms. The van der Waals surface area contributed by atoms with Crippen LogP contribution in [0.4, 0.5) is 0 Å². The van der Waals surface area contributed by atoms with E-state index < -0.39 is 5.54 Å². The minimum atomic E-state index is -0.510. The van der Waals surface area contributed by atoms with Gasteiger partial charge in [-0.2, -0.15) is 0 Å². The Balaban J connectivity index is 1.94. The number of amides is 1. The van der Waals surface area contributed by atoms with E-state index in [4.69, 9.17) is 10.5 Å². The second-order valence-corrected chi connectivity index (χ2v) is 3.91. The van der Waals surface area contributed by atoms with Crippen LogP contribution >= 0.6 is 0 Å². The Kier molecular flexibility index (Phi) is 2.26. The first kappa shape index (κ1) is 8.97. The first-order valence-electron chi connectivity index (χ1n) is 4.88. The number of ether oxygens (including phenoxy) is 1. The standard InChI is InChI=1S/C9H16N2O2/c10-9(2-3-9)8(12)11-4-1-6-13-7-5-11/h1-7,10H2. The van der Waals surface area contributed by atoms with Gasteiger partial charge in [-0.1, -0.05) is 0 Å². The van der Waals surface area contributed by atoms with Crippen LogP contribution in [-0.2, 0) is 9.53 Å². The normalized spacial score (nSPS) is 26.7. The van der Waals surface area contributed by atoms with E-state index in [0.717, 1.165) is 32.4 Å². The molecule has 2 aliphatic rings. The quantitative estimate of drug-likeness (QED) is 0.610. The molecule has 2 fully saturated rings. The van der Waals surface area contributed by atoms with E-state index in [1.807, 2.05) is 4.90 Å². The lowest BCUT2D eigenvalue weighted by Gasteiger charge is -2.22. The van der Waals surface area contributed by atoms with Crippen LogP contribution in [0.25, 0.3) is 0 Å². The third-order valence-corrected chi connectivity index (χ3v) is 2.72. The molecule has 13 heavy (non-hydrogen) atoms. The van der Waals surface area contributed by atoms with Crippen LogP contribution in [0, 0.1) is 0 Å². The van der Waals surface area contributed by atoms with Gasteiger partial charge in [0.25, 0.3) is 0 Å². The largest absolute Gasteiger partial charge is 0.380 e. The molecule has 1 saturated carbocycles. The van der Waals surface area contributed by atoms with Gasteiger partial charge in [-0.15, -0.1) is 0 Å². The van der Waals surface area contributed by atoms with E-state index in [1.54, 1.807) is 0 Å². The first-order valence-corrected chi connectivity index (χ1v) is 4.88. The molecule has 0 spiro atoms. The number of nitrogens with two attached hydrogens (primary N) is 1. The Morgan fingerprint density at radius 3 is 2.77 bits per heavy atom. The summed E-state index contributed by atoms with van der Waals surface area (Å²) in [4.78, 5) is 13.6. The van der Waals surface area contributed by atoms with E-state index in [0.29, 0.717) is 13.2 Å². The SMILES string of the molecule is NC1(C(=O)N2CCCOCC2)CC1. The Labute approximate surface area is 78.0 Å². The zero-order chi connectivity index (χ0) is 9.31. The molecule has 0 aromatic carbocycles. The number of rotatable bonds is 1. The molecule has 1 aliphatic heterocycles. The second-order valence-electron chi connectivity index (χ2n) is 3.91. The van der Waals surface area contributed by atoms with Crippen molar-refractivity contribution >= 4 is 5.91 Å². The van der Waals surface area contributed by atoms with Gasteiger partial charge in [0.2, 0.25) is 5.91 Å². The maximum absolute atomic E-state index is 11.8. The number of carbonyl (C=O) groups excluding carboxylic acids is 1. The first-order chi connectivity index (χ1) is 6.22.